The first-order valence-electron chi connectivity index (χ1n) is 7.66. The molecule has 0 fully saturated rings. The fourth-order valence-corrected chi connectivity index (χ4v) is 2.54. The Bertz CT molecular complexity index is 884. The van der Waals surface area contributed by atoms with Gasteiger partial charge in [0.15, 0.2) is 11.6 Å². The van der Waals surface area contributed by atoms with Gasteiger partial charge in [-0.3, -0.25) is 9.59 Å². The minimum Gasteiger partial charge on any atom is -0.508 e. The first kappa shape index (κ1) is 19.5. The van der Waals surface area contributed by atoms with Crippen molar-refractivity contribution in [3.05, 3.63) is 64.1 Å². The molecule has 134 valence electrons. The summed E-state index contributed by atoms with van der Waals surface area (Å²) >= 11 is 3.32. The van der Waals surface area contributed by atoms with Gasteiger partial charge in [-0.05, 0) is 60.2 Å². The summed E-state index contributed by atoms with van der Waals surface area (Å²) in [6, 6.07) is 9.21. The van der Waals surface area contributed by atoms with Gasteiger partial charge in [-0.1, -0.05) is 22.0 Å². The van der Waals surface area contributed by atoms with Crippen LogP contribution in [-0.2, 0) is 9.59 Å². The van der Waals surface area contributed by atoms with Gasteiger partial charge in [0.1, 0.15) is 17.2 Å². The molecule has 0 unspecified atom stereocenters. The SMILES string of the molecule is COc1ccc(O)cc1C=CC(=O)CC(=O)C=Cc1cc(O)ccc1Br. The summed E-state index contributed by atoms with van der Waals surface area (Å²) in [7, 11) is 1.49. The highest BCUT2D eigenvalue weighted by atomic mass is 79.9. The molecule has 5 nitrogen and oxygen atoms in total. The predicted octanol–water partition coefficient (Wildman–Crippen LogP) is 4.12. The highest BCUT2D eigenvalue weighted by molar-refractivity contribution is 9.10. The Morgan fingerprint density at radius 2 is 1.50 bits per heavy atom. The minimum atomic E-state index is -0.375. The average molecular weight is 417 g/mol. The van der Waals surface area contributed by atoms with E-state index in [2.05, 4.69) is 15.9 Å². The lowest BCUT2D eigenvalue weighted by Gasteiger charge is -2.04. The van der Waals surface area contributed by atoms with Crippen molar-refractivity contribution in [3.8, 4) is 17.2 Å². The molecular weight excluding hydrogens is 400 g/mol. The van der Waals surface area contributed by atoms with E-state index >= 15 is 0 Å². The van der Waals surface area contributed by atoms with E-state index in [1.165, 1.54) is 55.7 Å². The number of carbonyl (C=O) groups excluding carboxylic acids is 2. The number of aromatic hydroxyl groups is 2. The van der Waals surface area contributed by atoms with Gasteiger partial charge in [0.05, 0.1) is 13.5 Å². The third kappa shape index (κ3) is 5.60. The molecule has 0 spiro atoms. The van der Waals surface area contributed by atoms with E-state index in [0.29, 0.717) is 16.9 Å². The van der Waals surface area contributed by atoms with Crippen LogP contribution in [0.15, 0.2) is 53.0 Å². The number of rotatable bonds is 7. The zero-order valence-electron chi connectivity index (χ0n) is 14.0. The molecule has 2 aromatic rings. The monoisotopic (exact) mass is 416 g/mol. The maximum absolute atomic E-state index is 11.9. The van der Waals surface area contributed by atoms with E-state index < -0.39 is 0 Å². The van der Waals surface area contributed by atoms with Crippen LogP contribution in [0, 0.1) is 0 Å². The van der Waals surface area contributed by atoms with Crippen LogP contribution in [0.5, 0.6) is 17.2 Å². The zero-order chi connectivity index (χ0) is 19.1. The summed E-state index contributed by atoms with van der Waals surface area (Å²) in [5, 5.41) is 19.0. The Balaban J connectivity index is 2.01. The van der Waals surface area contributed by atoms with Crippen molar-refractivity contribution in [3.63, 3.8) is 0 Å². The second-order valence-electron chi connectivity index (χ2n) is 5.41. The van der Waals surface area contributed by atoms with Crippen molar-refractivity contribution in [2.75, 3.05) is 7.11 Å². The van der Waals surface area contributed by atoms with E-state index in [0.717, 1.165) is 4.47 Å². The molecule has 2 aromatic carbocycles. The largest absolute Gasteiger partial charge is 0.508 e. The first-order chi connectivity index (χ1) is 12.4. The number of benzene rings is 2. The zero-order valence-corrected chi connectivity index (χ0v) is 15.6. The van der Waals surface area contributed by atoms with E-state index in [9.17, 15) is 19.8 Å². The smallest absolute Gasteiger partial charge is 0.163 e. The highest BCUT2D eigenvalue weighted by Gasteiger charge is 2.06. The summed E-state index contributed by atoms with van der Waals surface area (Å²) < 4.78 is 5.87. The van der Waals surface area contributed by atoms with Crippen molar-refractivity contribution in [1.29, 1.82) is 0 Å². The maximum atomic E-state index is 11.9. The third-order valence-electron chi connectivity index (χ3n) is 3.44. The number of hydrogen-bond acceptors (Lipinski definition) is 5. The normalized spacial score (nSPS) is 11.2. The molecule has 0 aliphatic heterocycles. The Morgan fingerprint density at radius 1 is 0.962 bits per heavy atom. The van der Waals surface area contributed by atoms with Gasteiger partial charge in [0, 0.05) is 10.0 Å². The van der Waals surface area contributed by atoms with E-state index in [-0.39, 0.29) is 29.5 Å². The summed E-state index contributed by atoms with van der Waals surface area (Å²) in [5.74, 6) is -0.0995. The Kier molecular flexibility index (Phi) is 6.74. The molecule has 0 radical (unpaired) electrons. The molecule has 0 saturated heterocycles. The van der Waals surface area contributed by atoms with Crippen LogP contribution in [0.4, 0.5) is 0 Å². The molecule has 0 heterocycles. The number of allylic oxidation sites excluding steroid dienone is 2. The van der Waals surface area contributed by atoms with Crippen LogP contribution >= 0.6 is 15.9 Å². The summed E-state index contributed by atoms with van der Waals surface area (Å²) in [6.45, 7) is 0. The molecule has 0 bridgehead atoms. The summed E-state index contributed by atoms with van der Waals surface area (Å²) in [4.78, 5) is 23.9. The third-order valence-corrected chi connectivity index (χ3v) is 4.16. The second kappa shape index (κ2) is 9.01. The van der Waals surface area contributed by atoms with E-state index in [1.54, 1.807) is 12.1 Å². The van der Waals surface area contributed by atoms with Gasteiger partial charge < -0.3 is 14.9 Å². The number of ether oxygens (including phenoxy) is 1. The van der Waals surface area contributed by atoms with Gasteiger partial charge in [-0.15, -0.1) is 0 Å². The average Bonchev–Trinajstić information content (AvgIpc) is 2.61. The molecule has 0 aliphatic rings. The second-order valence-corrected chi connectivity index (χ2v) is 6.26. The van der Waals surface area contributed by atoms with Crippen LogP contribution in [0.2, 0.25) is 0 Å². The van der Waals surface area contributed by atoms with Crippen molar-refractivity contribution >= 4 is 39.6 Å². The van der Waals surface area contributed by atoms with Crippen molar-refractivity contribution in [2.24, 2.45) is 0 Å². The summed E-state index contributed by atoms with van der Waals surface area (Å²) in [6.07, 6.45) is 5.29. The van der Waals surface area contributed by atoms with E-state index in [1.807, 2.05) is 0 Å². The lowest BCUT2D eigenvalue weighted by atomic mass is 10.1. The number of hydrogen-bond donors (Lipinski definition) is 2. The molecule has 2 N–H and O–H groups in total. The first-order valence-corrected chi connectivity index (χ1v) is 8.45. The number of phenolic OH excluding ortho intramolecular Hbond substituents is 2. The molecule has 0 amide bonds. The lowest BCUT2D eigenvalue weighted by Crippen LogP contribution is -2.02. The number of methoxy groups -OCH3 is 1. The van der Waals surface area contributed by atoms with Crippen LogP contribution in [-0.4, -0.2) is 28.9 Å². The molecule has 0 atom stereocenters. The lowest BCUT2D eigenvalue weighted by molar-refractivity contribution is -0.121. The Hall–Kier alpha value is -2.86. The van der Waals surface area contributed by atoms with Crippen LogP contribution < -0.4 is 4.74 Å². The standard InChI is InChI=1S/C20H17BrO5/c1-26-20-9-7-16(23)11-14(20)3-5-18(25)12-17(24)4-2-13-10-15(22)6-8-19(13)21/h2-11,22-23H,12H2,1H3. The number of carbonyl (C=O) groups is 2. The Labute approximate surface area is 159 Å². The topological polar surface area (TPSA) is 83.8 Å². The van der Waals surface area contributed by atoms with Crippen LogP contribution in [0.3, 0.4) is 0 Å². The van der Waals surface area contributed by atoms with Gasteiger partial charge in [-0.2, -0.15) is 0 Å². The van der Waals surface area contributed by atoms with Crippen molar-refractivity contribution in [1.82, 2.24) is 0 Å². The van der Waals surface area contributed by atoms with Gasteiger partial charge >= 0.3 is 0 Å². The Morgan fingerprint density at radius 3 is 2.12 bits per heavy atom. The van der Waals surface area contributed by atoms with Crippen LogP contribution in [0.1, 0.15) is 17.5 Å². The molecule has 0 aliphatic carbocycles. The fraction of sp³-hybridized carbons (Fsp3) is 0.100. The van der Waals surface area contributed by atoms with Gasteiger partial charge in [-0.25, -0.2) is 0 Å². The van der Waals surface area contributed by atoms with Crippen molar-refractivity contribution < 1.29 is 24.5 Å². The van der Waals surface area contributed by atoms with E-state index in [4.69, 9.17) is 4.74 Å². The molecule has 0 aromatic heterocycles. The number of ketones is 2. The molecular formula is C20H17BrO5. The van der Waals surface area contributed by atoms with Gasteiger partial charge in [0.2, 0.25) is 0 Å². The number of phenols is 2. The molecule has 0 saturated carbocycles. The minimum absolute atomic E-state index is 0.0496. The number of halogens is 1. The molecule has 26 heavy (non-hydrogen) atoms. The quantitative estimate of drug-likeness (QED) is 0.523. The maximum Gasteiger partial charge on any atom is 0.163 e. The fourth-order valence-electron chi connectivity index (χ4n) is 2.17. The molecule has 6 heteroatoms. The highest BCUT2D eigenvalue weighted by Crippen LogP contribution is 2.25. The molecule has 2 rings (SSSR count). The van der Waals surface area contributed by atoms with Crippen LogP contribution in [0.25, 0.3) is 12.2 Å². The van der Waals surface area contributed by atoms with Crippen molar-refractivity contribution in [2.45, 2.75) is 6.42 Å². The van der Waals surface area contributed by atoms with Gasteiger partial charge in [0.25, 0.3) is 0 Å². The summed E-state index contributed by atoms with van der Waals surface area (Å²) in [5.41, 5.74) is 1.17. The predicted molar refractivity (Wildman–Crippen MR) is 103 cm³/mol.